The van der Waals surface area contributed by atoms with Crippen LogP contribution in [0.25, 0.3) is 11.3 Å². The first-order valence-electron chi connectivity index (χ1n) is 8.48. The molecule has 1 heterocycles. The van der Waals surface area contributed by atoms with E-state index < -0.39 is 6.09 Å². The number of aromatic nitrogens is 1. The Bertz CT molecular complexity index is 739. The second kappa shape index (κ2) is 8.11. The smallest absolute Gasteiger partial charge is 0.413 e. The summed E-state index contributed by atoms with van der Waals surface area (Å²) in [5.41, 5.74) is 1.54. The summed E-state index contributed by atoms with van der Waals surface area (Å²) < 4.78 is 4.89. The minimum Gasteiger partial charge on any atom is -0.450 e. The molecule has 0 unspecified atom stereocenters. The van der Waals surface area contributed by atoms with E-state index in [2.05, 4.69) is 15.6 Å². The molecule has 1 aromatic heterocycles. The number of rotatable bonds is 5. The van der Waals surface area contributed by atoms with Gasteiger partial charge in [-0.05, 0) is 19.8 Å². The third kappa shape index (κ3) is 4.36. The Labute approximate surface area is 150 Å². The van der Waals surface area contributed by atoms with Gasteiger partial charge in [-0.15, -0.1) is 0 Å². The molecule has 1 aromatic carbocycles. The van der Waals surface area contributed by atoms with Gasteiger partial charge in [0.1, 0.15) is 10.7 Å². The summed E-state index contributed by atoms with van der Waals surface area (Å²) in [6, 6.07) is 9.60. The molecule has 3 rings (SSSR count). The first kappa shape index (κ1) is 17.4. The van der Waals surface area contributed by atoms with Crippen LogP contribution in [0.15, 0.2) is 30.3 Å². The highest BCUT2D eigenvalue weighted by Crippen LogP contribution is 2.37. The normalized spacial score (nSPS) is 14.3. The molecule has 0 spiro atoms. The van der Waals surface area contributed by atoms with E-state index in [1.165, 1.54) is 11.3 Å². The summed E-state index contributed by atoms with van der Waals surface area (Å²) in [4.78, 5) is 28.6. The third-order valence-corrected chi connectivity index (χ3v) is 5.01. The van der Waals surface area contributed by atoms with E-state index in [0.29, 0.717) is 15.8 Å². The van der Waals surface area contributed by atoms with Crippen molar-refractivity contribution in [2.45, 2.75) is 32.6 Å². The van der Waals surface area contributed by atoms with Gasteiger partial charge in [0.25, 0.3) is 0 Å². The van der Waals surface area contributed by atoms with Gasteiger partial charge in [-0.2, -0.15) is 0 Å². The molecule has 7 heteroatoms. The van der Waals surface area contributed by atoms with Crippen LogP contribution >= 0.6 is 11.3 Å². The number of benzene rings is 1. The van der Waals surface area contributed by atoms with Crippen molar-refractivity contribution in [2.24, 2.45) is 5.92 Å². The molecule has 0 aliphatic heterocycles. The highest BCUT2D eigenvalue weighted by atomic mass is 32.1. The Balaban J connectivity index is 1.84. The Kier molecular flexibility index (Phi) is 5.65. The maximum atomic E-state index is 12.5. The van der Waals surface area contributed by atoms with E-state index in [1.807, 2.05) is 30.3 Å². The van der Waals surface area contributed by atoms with Gasteiger partial charge in [0.05, 0.1) is 6.61 Å². The zero-order valence-corrected chi connectivity index (χ0v) is 14.9. The number of anilines is 2. The number of thiazole rings is 1. The summed E-state index contributed by atoms with van der Waals surface area (Å²) >= 11 is 1.24. The molecular formula is C18H21N3O3S. The molecule has 1 aliphatic rings. The Hall–Kier alpha value is -2.41. The fourth-order valence-corrected chi connectivity index (χ4v) is 3.78. The summed E-state index contributed by atoms with van der Waals surface area (Å²) in [6.45, 7) is 2.03. The zero-order chi connectivity index (χ0) is 17.6. The minimum absolute atomic E-state index is 0.0287. The molecule has 2 N–H and O–H groups in total. The average molecular weight is 359 g/mol. The Morgan fingerprint density at radius 2 is 1.92 bits per heavy atom. The van der Waals surface area contributed by atoms with Crippen LogP contribution < -0.4 is 10.6 Å². The zero-order valence-electron chi connectivity index (χ0n) is 14.1. The van der Waals surface area contributed by atoms with Crippen molar-refractivity contribution in [2.75, 3.05) is 17.2 Å². The minimum atomic E-state index is -0.551. The standard InChI is InChI=1S/C18H21N3O3S/c1-2-24-18(23)21-17-19-14(12-8-4-3-5-9-12)16(25-17)20-15(22)13-10-6-7-11-13/h3-5,8-9,13H,2,6-7,10-11H2,1H3,(H,20,22)(H,19,21,23). The van der Waals surface area contributed by atoms with E-state index in [-0.39, 0.29) is 18.4 Å². The summed E-state index contributed by atoms with van der Waals surface area (Å²) in [5.74, 6) is 0.0909. The van der Waals surface area contributed by atoms with Crippen LogP contribution in [-0.4, -0.2) is 23.6 Å². The topological polar surface area (TPSA) is 80.3 Å². The van der Waals surface area contributed by atoms with Gasteiger partial charge in [-0.25, -0.2) is 9.78 Å². The van der Waals surface area contributed by atoms with Crippen LogP contribution in [0.5, 0.6) is 0 Å². The number of hydrogen-bond donors (Lipinski definition) is 2. The molecule has 1 fully saturated rings. The monoisotopic (exact) mass is 359 g/mol. The quantitative estimate of drug-likeness (QED) is 0.823. The van der Waals surface area contributed by atoms with E-state index in [4.69, 9.17) is 4.74 Å². The largest absolute Gasteiger partial charge is 0.450 e. The second-order valence-corrected chi connectivity index (χ2v) is 6.88. The van der Waals surface area contributed by atoms with Crippen molar-refractivity contribution in [3.8, 4) is 11.3 Å². The molecule has 6 nitrogen and oxygen atoms in total. The molecule has 0 atom stereocenters. The highest BCUT2D eigenvalue weighted by molar-refractivity contribution is 7.20. The molecular weight excluding hydrogens is 338 g/mol. The van der Waals surface area contributed by atoms with Gasteiger partial charge >= 0.3 is 6.09 Å². The van der Waals surface area contributed by atoms with Gasteiger partial charge in [0.2, 0.25) is 5.91 Å². The second-order valence-electron chi connectivity index (χ2n) is 5.88. The maximum Gasteiger partial charge on any atom is 0.413 e. The fraction of sp³-hybridized carbons (Fsp3) is 0.389. The van der Waals surface area contributed by atoms with E-state index >= 15 is 0 Å². The van der Waals surface area contributed by atoms with Crippen molar-refractivity contribution in [1.29, 1.82) is 0 Å². The molecule has 2 amide bonds. The molecule has 2 aromatic rings. The number of amides is 2. The number of ether oxygens (including phenoxy) is 1. The molecule has 132 valence electrons. The lowest BCUT2D eigenvalue weighted by Gasteiger charge is -2.09. The van der Waals surface area contributed by atoms with Crippen molar-refractivity contribution in [3.63, 3.8) is 0 Å². The van der Waals surface area contributed by atoms with Gasteiger partial charge in [0.15, 0.2) is 5.13 Å². The molecule has 25 heavy (non-hydrogen) atoms. The fourth-order valence-electron chi connectivity index (χ4n) is 2.91. The molecule has 0 saturated heterocycles. The van der Waals surface area contributed by atoms with Gasteiger partial charge in [0, 0.05) is 11.5 Å². The summed E-state index contributed by atoms with van der Waals surface area (Å²) in [6.07, 6.45) is 3.51. The van der Waals surface area contributed by atoms with E-state index in [9.17, 15) is 9.59 Å². The summed E-state index contributed by atoms with van der Waals surface area (Å²) in [5, 5.41) is 6.66. The van der Waals surface area contributed by atoms with Crippen molar-refractivity contribution in [3.05, 3.63) is 30.3 Å². The maximum absolute atomic E-state index is 12.5. The van der Waals surface area contributed by atoms with Gasteiger partial charge in [-0.3, -0.25) is 10.1 Å². The highest BCUT2D eigenvalue weighted by Gasteiger charge is 2.25. The Morgan fingerprint density at radius 1 is 1.20 bits per heavy atom. The number of hydrogen-bond acceptors (Lipinski definition) is 5. The van der Waals surface area contributed by atoms with Crippen LogP contribution in [0.1, 0.15) is 32.6 Å². The Morgan fingerprint density at radius 3 is 2.60 bits per heavy atom. The number of carbonyl (C=O) groups excluding carboxylic acids is 2. The van der Waals surface area contributed by atoms with Crippen LogP contribution in [0.2, 0.25) is 0 Å². The number of nitrogens with zero attached hydrogens (tertiary/aromatic N) is 1. The number of carbonyl (C=O) groups is 2. The van der Waals surface area contributed by atoms with Crippen LogP contribution in [0, 0.1) is 5.92 Å². The predicted molar refractivity (Wildman–Crippen MR) is 98.8 cm³/mol. The van der Waals surface area contributed by atoms with Gasteiger partial charge in [-0.1, -0.05) is 54.5 Å². The van der Waals surface area contributed by atoms with E-state index in [1.54, 1.807) is 6.92 Å². The van der Waals surface area contributed by atoms with Gasteiger partial charge < -0.3 is 10.1 Å². The lowest BCUT2D eigenvalue weighted by atomic mass is 10.1. The SMILES string of the molecule is CCOC(=O)Nc1nc(-c2ccccc2)c(NC(=O)C2CCCC2)s1. The lowest BCUT2D eigenvalue weighted by molar-refractivity contribution is -0.119. The molecule has 0 radical (unpaired) electrons. The predicted octanol–water partition coefficient (Wildman–Crippen LogP) is 4.51. The average Bonchev–Trinajstić information content (AvgIpc) is 3.26. The number of nitrogens with one attached hydrogen (secondary N) is 2. The van der Waals surface area contributed by atoms with Crippen LogP contribution in [-0.2, 0) is 9.53 Å². The van der Waals surface area contributed by atoms with Crippen molar-refractivity contribution in [1.82, 2.24) is 4.98 Å². The van der Waals surface area contributed by atoms with Crippen LogP contribution in [0.4, 0.5) is 14.9 Å². The van der Waals surface area contributed by atoms with Crippen molar-refractivity contribution < 1.29 is 14.3 Å². The van der Waals surface area contributed by atoms with Crippen LogP contribution in [0.3, 0.4) is 0 Å². The van der Waals surface area contributed by atoms with Crippen molar-refractivity contribution >= 4 is 33.5 Å². The third-order valence-electron chi connectivity index (χ3n) is 4.12. The van der Waals surface area contributed by atoms with E-state index in [0.717, 1.165) is 31.2 Å². The first-order valence-corrected chi connectivity index (χ1v) is 9.30. The molecule has 1 saturated carbocycles. The lowest BCUT2D eigenvalue weighted by Crippen LogP contribution is -2.20. The first-order chi connectivity index (χ1) is 12.2. The molecule has 0 bridgehead atoms. The summed E-state index contributed by atoms with van der Waals surface area (Å²) in [7, 11) is 0. The molecule has 1 aliphatic carbocycles.